The molecule has 1 fully saturated rings. The number of hydrogen-bond acceptors (Lipinski definition) is 4. The minimum atomic E-state index is -0.183. The van der Waals surface area contributed by atoms with Crippen molar-refractivity contribution in [3.63, 3.8) is 0 Å². The highest BCUT2D eigenvalue weighted by Gasteiger charge is 2.22. The number of benzene rings is 3. The molecular weight excluding hydrogens is 398 g/mol. The molecule has 6 heteroatoms. The number of thiocarbonyl (C=S) groups is 1. The minimum Gasteiger partial charge on any atom is -0.487 e. The number of hydrogen-bond donors (Lipinski definition) is 1. The van der Waals surface area contributed by atoms with Gasteiger partial charge in [0.15, 0.2) is 0 Å². The van der Waals surface area contributed by atoms with Crippen LogP contribution in [0, 0.1) is 0 Å². The van der Waals surface area contributed by atoms with Crippen LogP contribution in [0.25, 0.3) is 16.8 Å². The zero-order valence-electron chi connectivity index (χ0n) is 14.1. The van der Waals surface area contributed by atoms with E-state index in [0.717, 1.165) is 16.5 Å². The lowest BCUT2D eigenvalue weighted by atomic mass is 10.1. The summed E-state index contributed by atoms with van der Waals surface area (Å²) >= 11 is 12.6. The molecule has 1 amide bonds. The summed E-state index contributed by atoms with van der Waals surface area (Å²) in [6, 6.07) is 19.8. The minimum absolute atomic E-state index is 0.183. The second kappa shape index (κ2) is 7.72. The summed E-state index contributed by atoms with van der Waals surface area (Å²) in [6.07, 6.45) is 1.76. The highest BCUT2D eigenvalue weighted by atomic mass is 35.5. The number of halogens is 1. The smallest absolute Gasteiger partial charge is 0.263 e. The molecule has 1 N–H and O–H groups in total. The maximum Gasteiger partial charge on any atom is 0.263 e. The van der Waals surface area contributed by atoms with E-state index in [-0.39, 0.29) is 5.91 Å². The van der Waals surface area contributed by atoms with Gasteiger partial charge in [0.1, 0.15) is 16.7 Å². The molecule has 27 heavy (non-hydrogen) atoms. The number of fused-ring (bicyclic) bond motifs is 1. The molecule has 1 aliphatic heterocycles. The number of carbonyl (C=O) groups is 1. The molecule has 3 nitrogen and oxygen atoms in total. The van der Waals surface area contributed by atoms with E-state index in [1.54, 1.807) is 12.1 Å². The highest BCUT2D eigenvalue weighted by Crippen LogP contribution is 2.31. The van der Waals surface area contributed by atoms with Gasteiger partial charge in [-0.25, -0.2) is 0 Å². The molecule has 0 saturated carbocycles. The van der Waals surface area contributed by atoms with Crippen LogP contribution in [0.2, 0.25) is 5.02 Å². The van der Waals surface area contributed by atoms with Gasteiger partial charge in [0.25, 0.3) is 5.91 Å². The number of ether oxygens (including phenoxy) is 1. The monoisotopic (exact) mass is 411 g/mol. The normalized spacial score (nSPS) is 15.4. The van der Waals surface area contributed by atoms with Crippen molar-refractivity contribution in [2.75, 3.05) is 0 Å². The molecule has 0 bridgehead atoms. The van der Waals surface area contributed by atoms with Gasteiger partial charge in [-0.1, -0.05) is 84.1 Å². The summed E-state index contributed by atoms with van der Waals surface area (Å²) < 4.78 is 6.40. The SMILES string of the molecule is O=C1NC(=S)S/C1=C\c1ccc(OCc2cccc3ccccc23)c(Cl)c1. The van der Waals surface area contributed by atoms with E-state index in [9.17, 15) is 4.79 Å². The van der Waals surface area contributed by atoms with Gasteiger partial charge in [-0.3, -0.25) is 4.79 Å². The summed E-state index contributed by atoms with van der Waals surface area (Å²) in [7, 11) is 0. The molecule has 3 aromatic carbocycles. The largest absolute Gasteiger partial charge is 0.487 e. The van der Waals surface area contributed by atoms with E-state index in [1.165, 1.54) is 17.1 Å². The summed E-state index contributed by atoms with van der Waals surface area (Å²) in [6.45, 7) is 0.425. The molecule has 0 atom stereocenters. The number of nitrogens with one attached hydrogen (secondary N) is 1. The van der Waals surface area contributed by atoms with Crippen molar-refractivity contribution in [2.24, 2.45) is 0 Å². The first-order valence-electron chi connectivity index (χ1n) is 8.24. The van der Waals surface area contributed by atoms with E-state index in [0.29, 0.717) is 26.6 Å². The zero-order valence-corrected chi connectivity index (χ0v) is 16.5. The number of thioether (sulfide) groups is 1. The molecule has 1 saturated heterocycles. The van der Waals surface area contributed by atoms with Crippen molar-refractivity contribution in [3.8, 4) is 5.75 Å². The van der Waals surface area contributed by atoms with Gasteiger partial charge in [-0.2, -0.15) is 0 Å². The molecule has 0 radical (unpaired) electrons. The van der Waals surface area contributed by atoms with Gasteiger partial charge in [-0.15, -0.1) is 0 Å². The third-order valence-electron chi connectivity index (χ3n) is 4.16. The van der Waals surface area contributed by atoms with E-state index in [4.69, 9.17) is 28.6 Å². The average molecular weight is 412 g/mol. The van der Waals surface area contributed by atoms with Crippen molar-refractivity contribution in [1.82, 2.24) is 5.32 Å². The summed E-state index contributed by atoms with van der Waals surface area (Å²) in [5.41, 5.74) is 1.92. The molecule has 0 aliphatic carbocycles. The third-order valence-corrected chi connectivity index (χ3v) is 5.62. The lowest BCUT2D eigenvalue weighted by molar-refractivity contribution is -0.115. The molecule has 1 heterocycles. The Bertz CT molecular complexity index is 1090. The Kier molecular flexibility index (Phi) is 5.16. The van der Waals surface area contributed by atoms with E-state index in [2.05, 4.69) is 23.5 Å². The number of amides is 1. The third kappa shape index (κ3) is 4.00. The van der Waals surface area contributed by atoms with Crippen LogP contribution >= 0.6 is 35.6 Å². The van der Waals surface area contributed by atoms with Gasteiger partial charge >= 0.3 is 0 Å². The maximum atomic E-state index is 11.8. The second-order valence-corrected chi connectivity index (χ2v) is 8.10. The highest BCUT2D eigenvalue weighted by molar-refractivity contribution is 8.26. The van der Waals surface area contributed by atoms with Gasteiger partial charge < -0.3 is 10.1 Å². The molecule has 0 aromatic heterocycles. The molecule has 4 rings (SSSR count). The lowest BCUT2D eigenvalue weighted by Crippen LogP contribution is -2.17. The Morgan fingerprint density at radius 3 is 2.70 bits per heavy atom. The Labute approximate surface area is 171 Å². The average Bonchev–Trinajstić information content (AvgIpc) is 2.98. The fourth-order valence-electron chi connectivity index (χ4n) is 2.87. The van der Waals surface area contributed by atoms with Crippen molar-refractivity contribution >= 4 is 62.7 Å². The Morgan fingerprint density at radius 2 is 1.93 bits per heavy atom. The summed E-state index contributed by atoms with van der Waals surface area (Å²) in [5, 5.41) is 5.43. The maximum absolute atomic E-state index is 11.8. The Morgan fingerprint density at radius 1 is 1.11 bits per heavy atom. The Hall–Kier alpha value is -2.34. The first-order valence-corrected chi connectivity index (χ1v) is 9.84. The fourth-order valence-corrected chi connectivity index (χ4v) is 4.16. The van der Waals surface area contributed by atoms with E-state index >= 15 is 0 Å². The van der Waals surface area contributed by atoms with Gasteiger partial charge in [0, 0.05) is 0 Å². The standard InChI is InChI=1S/C21H14ClNO2S2/c22-17-10-13(11-19-20(24)23-21(26)27-19)8-9-18(17)25-12-15-6-3-5-14-4-1-2-7-16(14)15/h1-11H,12H2,(H,23,24,26)/b19-11-. The number of rotatable bonds is 4. The van der Waals surface area contributed by atoms with Crippen LogP contribution in [0.5, 0.6) is 5.75 Å². The summed E-state index contributed by atoms with van der Waals surface area (Å²) in [5.74, 6) is 0.420. The van der Waals surface area contributed by atoms with Gasteiger partial charge in [0.2, 0.25) is 0 Å². The van der Waals surface area contributed by atoms with Crippen molar-refractivity contribution < 1.29 is 9.53 Å². The van der Waals surface area contributed by atoms with Crippen molar-refractivity contribution in [1.29, 1.82) is 0 Å². The van der Waals surface area contributed by atoms with Crippen LogP contribution in [0.4, 0.5) is 0 Å². The second-order valence-electron chi connectivity index (χ2n) is 5.97. The Balaban J connectivity index is 1.52. The van der Waals surface area contributed by atoms with Crippen LogP contribution in [0.1, 0.15) is 11.1 Å². The van der Waals surface area contributed by atoms with Crippen LogP contribution < -0.4 is 10.1 Å². The summed E-state index contributed by atoms with van der Waals surface area (Å²) in [4.78, 5) is 12.3. The topological polar surface area (TPSA) is 38.3 Å². The quantitative estimate of drug-likeness (QED) is 0.450. The van der Waals surface area contributed by atoms with Crippen LogP contribution in [-0.2, 0) is 11.4 Å². The molecule has 1 aliphatic rings. The van der Waals surface area contributed by atoms with Gasteiger partial charge in [0.05, 0.1) is 9.93 Å². The lowest BCUT2D eigenvalue weighted by Gasteiger charge is -2.11. The molecule has 0 spiro atoms. The first kappa shape index (κ1) is 18.0. The van der Waals surface area contributed by atoms with Crippen LogP contribution in [0.3, 0.4) is 0 Å². The molecule has 134 valence electrons. The number of carbonyl (C=O) groups excluding carboxylic acids is 1. The molecular formula is C21H14ClNO2S2. The van der Waals surface area contributed by atoms with Crippen LogP contribution in [0.15, 0.2) is 65.6 Å². The van der Waals surface area contributed by atoms with Crippen LogP contribution in [-0.4, -0.2) is 10.2 Å². The van der Waals surface area contributed by atoms with Crippen molar-refractivity contribution in [3.05, 3.63) is 81.7 Å². The predicted octanol–water partition coefficient (Wildman–Crippen LogP) is 5.56. The van der Waals surface area contributed by atoms with E-state index in [1.807, 2.05) is 36.4 Å². The first-order chi connectivity index (χ1) is 13.1. The predicted molar refractivity (Wildman–Crippen MR) is 116 cm³/mol. The van der Waals surface area contributed by atoms with E-state index < -0.39 is 0 Å². The molecule has 3 aromatic rings. The van der Waals surface area contributed by atoms with Crippen molar-refractivity contribution in [2.45, 2.75) is 6.61 Å². The molecule has 0 unspecified atom stereocenters. The zero-order chi connectivity index (χ0) is 18.8. The van der Waals surface area contributed by atoms with Gasteiger partial charge in [-0.05, 0) is 40.1 Å². The fraction of sp³-hybridized carbons (Fsp3) is 0.0476.